The molecule has 7 aromatic carbocycles. The normalized spacial score (nSPS) is 13.1. The highest BCUT2D eigenvalue weighted by Gasteiger charge is 2.20. The van der Waals surface area contributed by atoms with Crippen LogP contribution in [0.25, 0.3) is 77.2 Å². The average Bonchev–Trinajstić information content (AvgIpc) is 3.48. The number of para-hydroxylation sites is 1. The Morgan fingerprint density at radius 3 is 1.56 bits per heavy atom. The van der Waals surface area contributed by atoms with E-state index in [0.717, 1.165) is 43.8 Å². The molecule has 0 radical (unpaired) electrons. The molecule has 0 aliphatic carbocycles. The van der Waals surface area contributed by atoms with Gasteiger partial charge >= 0.3 is 0 Å². The van der Waals surface area contributed by atoms with E-state index in [4.69, 9.17) is 11.3 Å². The van der Waals surface area contributed by atoms with Crippen molar-refractivity contribution in [2.45, 2.75) is 0 Å². The van der Waals surface area contributed by atoms with E-state index >= 15 is 0 Å². The third kappa shape index (κ3) is 3.86. The second-order valence-electron chi connectivity index (χ2n) is 10.1. The molecule has 1 aromatic heterocycles. The second kappa shape index (κ2) is 9.66. The maximum absolute atomic E-state index is 8.78. The summed E-state index contributed by atoms with van der Waals surface area (Å²) in [4.78, 5) is 0. The average molecular weight is 528 g/mol. The first-order valence-electron chi connectivity index (χ1n) is 16.1. The third-order valence-electron chi connectivity index (χ3n) is 7.75. The van der Waals surface area contributed by atoms with Gasteiger partial charge in [-0.2, -0.15) is 0 Å². The van der Waals surface area contributed by atoms with Crippen molar-refractivity contribution in [2.75, 3.05) is 0 Å². The van der Waals surface area contributed by atoms with E-state index in [1.165, 1.54) is 5.56 Å². The number of furan rings is 1. The number of benzene rings is 7. The summed E-state index contributed by atoms with van der Waals surface area (Å²) in [5, 5.41) is 5.22. The lowest BCUT2D eigenvalue weighted by Crippen LogP contribution is -1.91. The molecule has 0 unspecified atom stereocenters. The molecule has 0 atom stereocenters. The van der Waals surface area contributed by atoms with E-state index in [9.17, 15) is 0 Å². The quantitative estimate of drug-likeness (QED) is 0.207. The summed E-state index contributed by atoms with van der Waals surface area (Å²) in [6.45, 7) is 0. The standard InChI is InChI=1S/C40H26O/c1-3-14-27(15-4-1)37-31-20-7-9-22-33(31)38(34-23-10-8-21-32(34)37)29-18-13-19-30(26-29)40-39(28-16-5-2-6-17-28)35-24-11-12-25-36(35)41-40/h1-26H/i2D,5D,6D,16D,17D. The fourth-order valence-corrected chi connectivity index (χ4v) is 6.04. The van der Waals surface area contributed by atoms with Crippen LogP contribution in [0.15, 0.2) is 162 Å². The van der Waals surface area contributed by atoms with Crippen LogP contribution in [0.5, 0.6) is 0 Å². The lowest BCUT2D eigenvalue weighted by Gasteiger charge is -2.18. The molecule has 0 aliphatic rings. The Morgan fingerprint density at radius 1 is 0.390 bits per heavy atom. The first kappa shape index (κ1) is 18.8. The highest BCUT2D eigenvalue weighted by atomic mass is 16.3. The van der Waals surface area contributed by atoms with E-state index in [2.05, 4.69) is 84.9 Å². The third-order valence-corrected chi connectivity index (χ3v) is 7.75. The van der Waals surface area contributed by atoms with Gasteiger partial charge in [0.15, 0.2) is 0 Å². The minimum absolute atomic E-state index is 0.125. The van der Waals surface area contributed by atoms with Gasteiger partial charge in [-0.15, -0.1) is 0 Å². The molecule has 192 valence electrons. The molecule has 0 spiro atoms. The maximum atomic E-state index is 8.78. The van der Waals surface area contributed by atoms with Crippen LogP contribution in [0.1, 0.15) is 6.85 Å². The summed E-state index contributed by atoms with van der Waals surface area (Å²) in [7, 11) is 0. The van der Waals surface area contributed by atoms with Gasteiger partial charge in [0.1, 0.15) is 11.3 Å². The van der Waals surface area contributed by atoms with Crippen molar-refractivity contribution in [3.63, 3.8) is 0 Å². The zero-order valence-corrected chi connectivity index (χ0v) is 22.0. The zero-order chi connectivity index (χ0) is 31.5. The molecule has 0 aliphatic heterocycles. The molecular weight excluding hydrogens is 496 g/mol. The predicted octanol–water partition coefficient (Wildman–Crippen LogP) is 11.4. The van der Waals surface area contributed by atoms with E-state index < -0.39 is 6.04 Å². The summed E-state index contributed by atoms with van der Waals surface area (Å²) in [6, 6.07) is 41.2. The lowest BCUT2D eigenvalue weighted by atomic mass is 9.85. The van der Waals surface area contributed by atoms with Crippen LogP contribution in [-0.4, -0.2) is 0 Å². The van der Waals surface area contributed by atoms with Crippen molar-refractivity contribution in [3.05, 3.63) is 158 Å². The van der Waals surface area contributed by atoms with E-state index in [1.807, 2.05) is 42.5 Å². The molecule has 0 amide bonds. The van der Waals surface area contributed by atoms with Gasteiger partial charge in [-0.25, -0.2) is 0 Å². The smallest absolute Gasteiger partial charge is 0.143 e. The van der Waals surface area contributed by atoms with Crippen molar-refractivity contribution in [1.29, 1.82) is 0 Å². The summed E-state index contributed by atoms with van der Waals surface area (Å²) in [5.41, 5.74) is 6.35. The first-order chi connectivity index (χ1) is 22.4. The number of hydrogen-bond acceptors (Lipinski definition) is 1. The van der Waals surface area contributed by atoms with Crippen LogP contribution in [0.3, 0.4) is 0 Å². The van der Waals surface area contributed by atoms with Crippen LogP contribution in [0.4, 0.5) is 0 Å². The highest BCUT2D eigenvalue weighted by Crippen LogP contribution is 2.46. The summed E-state index contributed by atoms with van der Waals surface area (Å²) in [6.07, 6.45) is 0. The molecule has 0 fully saturated rings. The van der Waals surface area contributed by atoms with Gasteiger partial charge in [-0.1, -0.05) is 145 Å². The molecule has 8 rings (SSSR count). The Morgan fingerprint density at radius 2 is 0.902 bits per heavy atom. The minimum atomic E-state index is -0.423. The molecule has 1 heteroatoms. The van der Waals surface area contributed by atoms with Crippen LogP contribution >= 0.6 is 0 Å². The summed E-state index contributed by atoms with van der Waals surface area (Å²) < 4.78 is 48.9. The maximum Gasteiger partial charge on any atom is 0.143 e. The van der Waals surface area contributed by atoms with Crippen molar-refractivity contribution >= 4 is 32.5 Å². The Balaban J connectivity index is 1.43. The lowest BCUT2D eigenvalue weighted by molar-refractivity contribution is 0.632. The molecule has 0 saturated carbocycles. The molecule has 0 N–H and O–H groups in total. The fourth-order valence-electron chi connectivity index (χ4n) is 6.04. The largest absolute Gasteiger partial charge is 0.455 e. The molecule has 0 bridgehead atoms. The van der Waals surface area contributed by atoms with Gasteiger partial charge in [-0.05, 0) is 61.5 Å². The van der Waals surface area contributed by atoms with Gasteiger partial charge in [0, 0.05) is 16.5 Å². The Kier molecular flexibility index (Phi) is 4.43. The van der Waals surface area contributed by atoms with Gasteiger partial charge < -0.3 is 4.42 Å². The Labute approximate surface area is 246 Å². The fraction of sp³-hybridized carbons (Fsp3) is 0. The minimum Gasteiger partial charge on any atom is -0.455 e. The predicted molar refractivity (Wildman–Crippen MR) is 173 cm³/mol. The van der Waals surface area contributed by atoms with Crippen molar-refractivity contribution in [2.24, 2.45) is 0 Å². The molecule has 1 heterocycles. The van der Waals surface area contributed by atoms with Crippen molar-refractivity contribution < 1.29 is 11.3 Å². The molecule has 1 nitrogen and oxygen atoms in total. The number of rotatable bonds is 4. The van der Waals surface area contributed by atoms with Gasteiger partial charge in [-0.3, -0.25) is 0 Å². The molecule has 0 saturated heterocycles. The van der Waals surface area contributed by atoms with E-state index in [1.54, 1.807) is 0 Å². The first-order valence-corrected chi connectivity index (χ1v) is 13.6. The SMILES string of the molecule is [2H]c1c([2H])c([2H])c(-c2c(-c3cccc(-c4c5ccccc5c(-c5ccccc5)c5ccccc45)c3)oc3ccccc23)c([2H])c1[2H]. The molecule has 41 heavy (non-hydrogen) atoms. The van der Waals surface area contributed by atoms with Gasteiger partial charge in [0.25, 0.3) is 0 Å². The van der Waals surface area contributed by atoms with Crippen molar-refractivity contribution in [1.82, 2.24) is 0 Å². The van der Waals surface area contributed by atoms with E-state index in [0.29, 0.717) is 22.3 Å². The Hall–Kier alpha value is -5.40. The van der Waals surface area contributed by atoms with Gasteiger partial charge in [0.2, 0.25) is 0 Å². The number of hydrogen-bond donors (Lipinski definition) is 0. The Bertz CT molecular complexity index is 2390. The molecule has 8 aromatic rings. The van der Waals surface area contributed by atoms with Crippen LogP contribution in [-0.2, 0) is 0 Å². The monoisotopic (exact) mass is 527 g/mol. The summed E-state index contributed by atoms with van der Waals surface area (Å²) in [5.74, 6) is 0.455. The highest BCUT2D eigenvalue weighted by molar-refractivity contribution is 6.21. The van der Waals surface area contributed by atoms with Gasteiger partial charge in [0.05, 0.1) is 6.85 Å². The van der Waals surface area contributed by atoms with Crippen LogP contribution < -0.4 is 0 Å². The second-order valence-corrected chi connectivity index (χ2v) is 10.1. The van der Waals surface area contributed by atoms with E-state index in [-0.39, 0.29) is 29.7 Å². The topological polar surface area (TPSA) is 13.1 Å². The zero-order valence-electron chi connectivity index (χ0n) is 27.0. The van der Waals surface area contributed by atoms with Crippen LogP contribution in [0.2, 0.25) is 0 Å². The molecular formula is C40H26O. The summed E-state index contributed by atoms with van der Waals surface area (Å²) >= 11 is 0. The number of fused-ring (bicyclic) bond motifs is 3. The van der Waals surface area contributed by atoms with Crippen LogP contribution in [0, 0.1) is 0 Å². The van der Waals surface area contributed by atoms with Crippen molar-refractivity contribution in [3.8, 4) is 44.7 Å².